The number of thiocarbonyl (C=S) groups is 1. The molecular formula is C28H32O9S3. The van der Waals surface area contributed by atoms with Gasteiger partial charge in [0.2, 0.25) is 0 Å². The molecule has 0 atom stereocenters. The lowest BCUT2D eigenvalue weighted by molar-refractivity contribution is -0.140. The second-order valence-corrected chi connectivity index (χ2v) is 11.1. The van der Waals surface area contributed by atoms with E-state index in [1.54, 1.807) is 30.4 Å². The largest absolute Gasteiger partial charge is 0.480 e. The minimum Gasteiger partial charge on any atom is -0.480 e. The molecule has 1 aliphatic rings. The quantitative estimate of drug-likeness (QED) is 0.0825. The molecule has 0 N–H and O–H groups in total. The van der Waals surface area contributed by atoms with Crippen LogP contribution < -0.4 is 0 Å². The summed E-state index contributed by atoms with van der Waals surface area (Å²) in [7, 11) is 0. The second kappa shape index (κ2) is 16.9. The van der Waals surface area contributed by atoms with Gasteiger partial charge in [0.05, 0.1) is 16.7 Å². The summed E-state index contributed by atoms with van der Waals surface area (Å²) >= 11 is 8.26. The molecule has 0 spiro atoms. The molecule has 216 valence electrons. The molecule has 0 saturated carbocycles. The molecule has 0 aromatic heterocycles. The van der Waals surface area contributed by atoms with E-state index in [0.717, 1.165) is 17.1 Å². The summed E-state index contributed by atoms with van der Waals surface area (Å²) in [6.07, 6.45) is -0.330. The van der Waals surface area contributed by atoms with Crippen molar-refractivity contribution in [2.45, 2.75) is 20.0 Å². The lowest BCUT2D eigenvalue weighted by Crippen LogP contribution is -2.25. The van der Waals surface area contributed by atoms with E-state index < -0.39 is 23.9 Å². The van der Waals surface area contributed by atoms with Crippen molar-refractivity contribution in [3.63, 3.8) is 0 Å². The highest BCUT2D eigenvalue weighted by Gasteiger charge is 2.24. The Hall–Kier alpha value is -3.09. The standard InChI is InChI=1S/C28H32O9S3/c1-17(2)24(29)33-8-9-35-27(32)23-12-20(25(30)37-21-15-39-13-19(5)14-40-16-21)6-7-22(23)26(31)34-10-11-36-28(38)18(3)4/h6-7,12,21H,1,3,5,8-11,13-16H2,2,4H3. The summed E-state index contributed by atoms with van der Waals surface area (Å²) in [5.41, 5.74) is 1.62. The molecule has 1 saturated heterocycles. The van der Waals surface area contributed by atoms with Crippen molar-refractivity contribution in [2.24, 2.45) is 0 Å². The van der Waals surface area contributed by atoms with Crippen LogP contribution in [0.4, 0.5) is 0 Å². The third-order valence-corrected chi connectivity index (χ3v) is 7.89. The van der Waals surface area contributed by atoms with E-state index in [4.69, 9.17) is 35.9 Å². The van der Waals surface area contributed by atoms with Crippen LogP contribution in [-0.4, -0.2) is 84.5 Å². The number of hydrogen-bond donors (Lipinski definition) is 0. The third-order valence-electron chi connectivity index (χ3n) is 4.98. The monoisotopic (exact) mass is 608 g/mol. The molecule has 1 aromatic carbocycles. The first-order valence-corrected chi connectivity index (χ1v) is 14.9. The van der Waals surface area contributed by atoms with Gasteiger partial charge in [0.1, 0.15) is 32.5 Å². The van der Waals surface area contributed by atoms with Crippen LogP contribution in [0.5, 0.6) is 0 Å². The summed E-state index contributed by atoms with van der Waals surface area (Å²) in [4.78, 5) is 50.2. The number of benzene rings is 1. The van der Waals surface area contributed by atoms with Gasteiger partial charge in [-0.25, -0.2) is 19.2 Å². The number of hydrogen-bond acceptors (Lipinski definition) is 12. The Kier molecular flexibility index (Phi) is 14.0. The summed E-state index contributed by atoms with van der Waals surface area (Å²) < 4.78 is 26.3. The first-order chi connectivity index (χ1) is 19.0. The highest BCUT2D eigenvalue weighted by atomic mass is 32.2. The molecule has 0 amide bonds. The summed E-state index contributed by atoms with van der Waals surface area (Å²) in [5, 5.41) is 0.196. The maximum Gasteiger partial charge on any atom is 0.339 e. The highest BCUT2D eigenvalue weighted by Crippen LogP contribution is 2.23. The van der Waals surface area contributed by atoms with E-state index in [-0.39, 0.29) is 59.8 Å². The van der Waals surface area contributed by atoms with Crippen molar-refractivity contribution in [3.05, 3.63) is 71.3 Å². The van der Waals surface area contributed by atoms with Gasteiger partial charge in [-0.2, -0.15) is 23.5 Å². The van der Waals surface area contributed by atoms with Crippen molar-refractivity contribution in [2.75, 3.05) is 49.4 Å². The van der Waals surface area contributed by atoms with Gasteiger partial charge < -0.3 is 23.7 Å². The molecule has 9 nitrogen and oxygen atoms in total. The molecule has 1 fully saturated rings. The molecule has 12 heteroatoms. The van der Waals surface area contributed by atoms with E-state index in [2.05, 4.69) is 19.7 Å². The first kappa shape index (κ1) is 33.1. The average molecular weight is 609 g/mol. The fraction of sp³-hybridized carbons (Fsp3) is 0.393. The maximum absolute atomic E-state index is 12.9. The van der Waals surface area contributed by atoms with E-state index in [1.165, 1.54) is 25.1 Å². The van der Waals surface area contributed by atoms with Gasteiger partial charge in [0, 0.05) is 28.6 Å². The predicted octanol–water partition coefficient (Wildman–Crippen LogP) is 4.60. The number of carbonyl (C=O) groups is 4. The van der Waals surface area contributed by atoms with Gasteiger partial charge in [0.15, 0.2) is 5.05 Å². The number of ether oxygens (including phenoxy) is 5. The van der Waals surface area contributed by atoms with E-state index >= 15 is 0 Å². The van der Waals surface area contributed by atoms with E-state index in [0.29, 0.717) is 17.1 Å². The Morgan fingerprint density at radius 1 is 0.825 bits per heavy atom. The molecule has 2 rings (SSSR count). The summed E-state index contributed by atoms with van der Waals surface area (Å²) in [6, 6.07) is 3.89. The van der Waals surface area contributed by atoms with Crippen LogP contribution in [0.1, 0.15) is 44.9 Å². The Morgan fingerprint density at radius 2 is 1.38 bits per heavy atom. The van der Waals surface area contributed by atoms with Gasteiger partial charge in [0.25, 0.3) is 0 Å². The predicted molar refractivity (Wildman–Crippen MR) is 159 cm³/mol. The number of carbonyl (C=O) groups excluding carboxylic acids is 4. The van der Waals surface area contributed by atoms with Crippen LogP contribution in [0.25, 0.3) is 0 Å². The molecule has 0 radical (unpaired) electrons. The summed E-state index contributed by atoms with van der Waals surface area (Å²) in [5.74, 6) is -0.223. The Balaban J connectivity index is 2.14. The summed E-state index contributed by atoms with van der Waals surface area (Å²) in [6.45, 7) is 13.6. The fourth-order valence-electron chi connectivity index (χ4n) is 3.00. The smallest absolute Gasteiger partial charge is 0.339 e. The minimum atomic E-state index is -0.914. The van der Waals surface area contributed by atoms with Crippen molar-refractivity contribution >= 4 is 64.7 Å². The maximum atomic E-state index is 12.9. The van der Waals surface area contributed by atoms with Crippen LogP contribution >= 0.6 is 35.7 Å². The van der Waals surface area contributed by atoms with Crippen LogP contribution in [0.3, 0.4) is 0 Å². The number of thioether (sulfide) groups is 2. The lowest BCUT2D eigenvalue weighted by Gasteiger charge is -2.21. The van der Waals surface area contributed by atoms with Gasteiger partial charge in [-0.1, -0.05) is 25.3 Å². The second-order valence-electron chi connectivity index (χ2n) is 8.67. The molecule has 1 aromatic rings. The van der Waals surface area contributed by atoms with Crippen molar-refractivity contribution < 1.29 is 42.9 Å². The average Bonchev–Trinajstić information content (AvgIpc) is 2.90. The van der Waals surface area contributed by atoms with Crippen molar-refractivity contribution in [1.29, 1.82) is 0 Å². The van der Waals surface area contributed by atoms with Crippen molar-refractivity contribution in [3.8, 4) is 0 Å². The molecular weight excluding hydrogens is 577 g/mol. The SMILES string of the molecule is C=C1CSCC(OC(=O)c2ccc(C(=O)OCCOC(=S)C(=C)C)c(C(=O)OCCOC(=O)C(=C)C)c2)CSC1. The molecule has 1 heterocycles. The molecule has 1 aliphatic heterocycles. The first-order valence-electron chi connectivity index (χ1n) is 12.2. The zero-order chi connectivity index (χ0) is 29.7. The Labute approximate surface area is 247 Å². The van der Waals surface area contributed by atoms with Crippen LogP contribution in [0.2, 0.25) is 0 Å². The zero-order valence-corrected chi connectivity index (χ0v) is 24.9. The van der Waals surface area contributed by atoms with E-state index in [1.807, 2.05) is 0 Å². The van der Waals surface area contributed by atoms with Gasteiger partial charge >= 0.3 is 23.9 Å². The minimum absolute atomic E-state index is 0.0134. The Bertz CT molecular complexity index is 1160. The van der Waals surface area contributed by atoms with Crippen molar-refractivity contribution in [1.82, 2.24) is 0 Å². The third kappa shape index (κ3) is 11.2. The van der Waals surface area contributed by atoms with Crippen LogP contribution in [-0.2, 0) is 28.5 Å². The van der Waals surface area contributed by atoms with E-state index in [9.17, 15) is 19.2 Å². The normalized spacial score (nSPS) is 13.7. The number of rotatable bonds is 12. The highest BCUT2D eigenvalue weighted by molar-refractivity contribution is 8.01. The number of esters is 4. The fourth-order valence-corrected chi connectivity index (χ4v) is 5.28. The molecule has 0 unspecified atom stereocenters. The van der Waals surface area contributed by atoms with Crippen LogP contribution in [0, 0.1) is 0 Å². The topological polar surface area (TPSA) is 114 Å². The van der Waals surface area contributed by atoms with Gasteiger partial charge in [-0.3, -0.25) is 0 Å². The van der Waals surface area contributed by atoms with Gasteiger partial charge in [-0.15, -0.1) is 0 Å². The lowest BCUT2D eigenvalue weighted by atomic mass is 10.0. The zero-order valence-electron chi connectivity index (χ0n) is 22.5. The van der Waals surface area contributed by atoms with Crippen LogP contribution in [0.15, 0.2) is 54.7 Å². The molecule has 0 bridgehead atoms. The molecule has 0 aliphatic carbocycles. The Morgan fingerprint density at radius 3 is 1.95 bits per heavy atom. The van der Waals surface area contributed by atoms with Gasteiger partial charge in [-0.05, 0) is 49.8 Å². The molecule has 40 heavy (non-hydrogen) atoms.